The minimum atomic E-state index is -0.350. The molecule has 1 aromatic rings. The molecule has 13 heavy (non-hydrogen) atoms. The fourth-order valence-electron chi connectivity index (χ4n) is 1.77. The molecular formula is C11H15NO. The zero-order valence-corrected chi connectivity index (χ0v) is 7.83. The average Bonchev–Trinajstić information content (AvgIpc) is 2.02. The van der Waals surface area contributed by atoms with Crippen LogP contribution in [0.4, 0.5) is 0 Å². The number of nitrogens with one attached hydrogen (secondary N) is 1. The van der Waals surface area contributed by atoms with Crippen LogP contribution in [0.15, 0.2) is 24.3 Å². The van der Waals surface area contributed by atoms with Crippen molar-refractivity contribution >= 4 is 0 Å². The van der Waals surface area contributed by atoms with Crippen LogP contribution in [-0.4, -0.2) is 18.2 Å². The van der Waals surface area contributed by atoms with E-state index in [1.807, 2.05) is 25.1 Å². The Morgan fingerprint density at radius 3 is 2.62 bits per heavy atom. The summed E-state index contributed by atoms with van der Waals surface area (Å²) in [6.45, 7) is 3.92. The first-order chi connectivity index (χ1) is 6.29. The molecule has 2 N–H and O–H groups in total. The quantitative estimate of drug-likeness (QED) is 0.716. The zero-order chi connectivity index (χ0) is 9.26. The normalized spacial score (nSPS) is 19.5. The number of hydrogen-bond donors (Lipinski definition) is 2. The summed E-state index contributed by atoms with van der Waals surface area (Å²) in [5, 5.41) is 12.8. The topological polar surface area (TPSA) is 32.3 Å². The summed E-state index contributed by atoms with van der Waals surface area (Å²) in [5.74, 6) is 0.603. The molecule has 1 heterocycles. The molecule has 1 aromatic carbocycles. The van der Waals surface area contributed by atoms with Crippen LogP contribution in [0.5, 0.6) is 0 Å². The van der Waals surface area contributed by atoms with Crippen LogP contribution in [0.2, 0.25) is 0 Å². The average molecular weight is 177 g/mol. The van der Waals surface area contributed by atoms with Crippen LogP contribution in [0.1, 0.15) is 30.1 Å². The third-order valence-corrected chi connectivity index (χ3v) is 2.67. The standard InChI is InChI=1S/C11H15NO/c1-8(13)10-4-2-3-5-11(10)9-6-12-7-9/h2-5,8-9,12-13H,6-7H2,1H3/t8-/m0/s1. The molecule has 1 atom stereocenters. The molecule has 0 saturated carbocycles. The molecule has 0 spiro atoms. The first-order valence-corrected chi connectivity index (χ1v) is 4.76. The Kier molecular flexibility index (Phi) is 2.34. The van der Waals surface area contributed by atoms with E-state index in [0.29, 0.717) is 5.92 Å². The van der Waals surface area contributed by atoms with E-state index in [1.54, 1.807) is 0 Å². The third kappa shape index (κ3) is 1.60. The molecule has 0 radical (unpaired) electrons. The second-order valence-corrected chi connectivity index (χ2v) is 3.66. The summed E-state index contributed by atoms with van der Waals surface area (Å²) in [4.78, 5) is 0. The Labute approximate surface area is 78.6 Å². The fraction of sp³-hybridized carbons (Fsp3) is 0.455. The van der Waals surface area contributed by atoms with Crippen LogP contribution < -0.4 is 5.32 Å². The lowest BCUT2D eigenvalue weighted by molar-refractivity contribution is 0.196. The van der Waals surface area contributed by atoms with Gasteiger partial charge in [-0.15, -0.1) is 0 Å². The SMILES string of the molecule is C[C@H](O)c1ccccc1C1CNC1. The van der Waals surface area contributed by atoms with Gasteiger partial charge in [0.1, 0.15) is 0 Å². The Morgan fingerprint density at radius 1 is 1.38 bits per heavy atom. The highest BCUT2D eigenvalue weighted by molar-refractivity contribution is 5.33. The zero-order valence-electron chi connectivity index (χ0n) is 7.83. The molecule has 2 nitrogen and oxygen atoms in total. The second-order valence-electron chi connectivity index (χ2n) is 3.66. The second kappa shape index (κ2) is 3.48. The van der Waals surface area contributed by atoms with Crippen LogP contribution in [0.25, 0.3) is 0 Å². The monoisotopic (exact) mass is 177 g/mol. The van der Waals surface area contributed by atoms with Crippen LogP contribution in [0.3, 0.4) is 0 Å². The van der Waals surface area contributed by atoms with Crippen molar-refractivity contribution in [1.29, 1.82) is 0 Å². The highest BCUT2D eigenvalue weighted by atomic mass is 16.3. The molecule has 2 heteroatoms. The van der Waals surface area contributed by atoms with Gasteiger partial charge < -0.3 is 10.4 Å². The molecule has 1 fully saturated rings. The predicted octanol–water partition coefficient (Wildman–Crippen LogP) is 1.43. The molecule has 0 aliphatic carbocycles. The van der Waals surface area contributed by atoms with Gasteiger partial charge in [-0.2, -0.15) is 0 Å². The minimum Gasteiger partial charge on any atom is -0.389 e. The van der Waals surface area contributed by atoms with Crippen molar-refractivity contribution in [3.05, 3.63) is 35.4 Å². The van der Waals surface area contributed by atoms with Crippen molar-refractivity contribution in [2.24, 2.45) is 0 Å². The van der Waals surface area contributed by atoms with Gasteiger partial charge in [0, 0.05) is 19.0 Å². The van der Waals surface area contributed by atoms with Gasteiger partial charge in [-0.05, 0) is 18.1 Å². The van der Waals surface area contributed by atoms with Gasteiger partial charge >= 0.3 is 0 Å². The predicted molar refractivity (Wildman–Crippen MR) is 52.7 cm³/mol. The third-order valence-electron chi connectivity index (χ3n) is 2.67. The van der Waals surface area contributed by atoms with Gasteiger partial charge in [0.05, 0.1) is 6.10 Å². The van der Waals surface area contributed by atoms with E-state index in [-0.39, 0.29) is 6.10 Å². The van der Waals surface area contributed by atoms with Crippen molar-refractivity contribution in [2.75, 3.05) is 13.1 Å². The number of aliphatic hydroxyl groups excluding tert-OH is 1. The van der Waals surface area contributed by atoms with Crippen molar-refractivity contribution < 1.29 is 5.11 Å². The van der Waals surface area contributed by atoms with Gasteiger partial charge in [0.25, 0.3) is 0 Å². The Bertz CT molecular complexity index is 292. The molecule has 70 valence electrons. The van der Waals surface area contributed by atoms with Gasteiger partial charge in [-0.3, -0.25) is 0 Å². The summed E-state index contributed by atoms with van der Waals surface area (Å²) < 4.78 is 0. The van der Waals surface area contributed by atoms with Crippen LogP contribution >= 0.6 is 0 Å². The van der Waals surface area contributed by atoms with E-state index in [4.69, 9.17) is 0 Å². The minimum absolute atomic E-state index is 0.350. The Hall–Kier alpha value is -0.860. The largest absolute Gasteiger partial charge is 0.389 e. The van der Waals surface area contributed by atoms with Crippen LogP contribution in [-0.2, 0) is 0 Å². The maximum Gasteiger partial charge on any atom is 0.0764 e. The Morgan fingerprint density at radius 2 is 2.08 bits per heavy atom. The highest BCUT2D eigenvalue weighted by Crippen LogP contribution is 2.27. The fourth-order valence-corrected chi connectivity index (χ4v) is 1.77. The first-order valence-electron chi connectivity index (χ1n) is 4.76. The summed E-state index contributed by atoms with van der Waals surface area (Å²) in [5.41, 5.74) is 2.38. The lowest BCUT2D eigenvalue weighted by Gasteiger charge is -2.29. The number of benzene rings is 1. The van der Waals surface area contributed by atoms with E-state index in [1.165, 1.54) is 5.56 Å². The molecule has 0 aromatic heterocycles. The summed E-state index contributed by atoms with van der Waals surface area (Å²) in [7, 11) is 0. The molecular weight excluding hydrogens is 162 g/mol. The van der Waals surface area contributed by atoms with E-state index in [9.17, 15) is 5.11 Å². The Balaban J connectivity index is 2.31. The summed E-state index contributed by atoms with van der Waals surface area (Å²) >= 11 is 0. The van der Waals surface area contributed by atoms with Gasteiger partial charge in [0.2, 0.25) is 0 Å². The maximum atomic E-state index is 9.55. The van der Waals surface area contributed by atoms with E-state index < -0.39 is 0 Å². The van der Waals surface area contributed by atoms with E-state index in [0.717, 1.165) is 18.7 Å². The van der Waals surface area contributed by atoms with Gasteiger partial charge in [-0.25, -0.2) is 0 Å². The highest BCUT2D eigenvalue weighted by Gasteiger charge is 2.22. The smallest absolute Gasteiger partial charge is 0.0764 e. The van der Waals surface area contributed by atoms with Crippen molar-refractivity contribution in [3.63, 3.8) is 0 Å². The van der Waals surface area contributed by atoms with Crippen molar-refractivity contribution in [3.8, 4) is 0 Å². The molecule has 0 unspecified atom stereocenters. The molecule has 1 saturated heterocycles. The molecule has 0 bridgehead atoms. The molecule has 0 amide bonds. The molecule has 2 rings (SSSR count). The van der Waals surface area contributed by atoms with Crippen molar-refractivity contribution in [1.82, 2.24) is 5.32 Å². The van der Waals surface area contributed by atoms with E-state index >= 15 is 0 Å². The number of aliphatic hydroxyl groups is 1. The summed E-state index contributed by atoms with van der Waals surface area (Å²) in [6.07, 6.45) is -0.350. The molecule has 1 aliphatic rings. The van der Waals surface area contributed by atoms with Gasteiger partial charge in [0.15, 0.2) is 0 Å². The lowest BCUT2D eigenvalue weighted by Crippen LogP contribution is -2.40. The van der Waals surface area contributed by atoms with Crippen LogP contribution in [0, 0.1) is 0 Å². The lowest BCUT2D eigenvalue weighted by atomic mass is 9.88. The van der Waals surface area contributed by atoms with Crippen molar-refractivity contribution in [2.45, 2.75) is 18.9 Å². The maximum absolute atomic E-state index is 9.55. The number of hydrogen-bond acceptors (Lipinski definition) is 2. The molecule has 1 aliphatic heterocycles. The number of rotatable bonds is 2. The first kappa shape index (κ1) is 8.73. The van der Waals surface area contributed by atoms with E-state index in [2.05, 4.69) is 11.4 Å². The summed E-state index contributed by atoms with van der Waals surface area (Å²) in [6, 6.07) is 8.16. The van der Waals surface area contributed by atoms with Gasteiger partial charge in [-0.1, -0.05) is 24.3 Å².